The molecule has 0 radical (unpaired) electrons. The molecule has 1 heterocycles. The second-order valence-corrected chi connectivity index (χ2v) is 4.81. The van der Waals surface area contributed by atoms with Gasteiger partial charge >= 0.3 is 0 Å². The molecule has 0 aliphatic rings. The Hall–Kier alpha value is -1.26. The Morgan fingerprint density at radius 1 is 1.47 bits per heavy atom. The summed E-state index contributed by atoms with van der Waals surface area (Å²) in [5, 5.41) is 3.36. The Labute approximate surface area is 112 Å². The van der Waals surface area contributed by atoms with Gasteiger partial charge < -0.3 is 9.73 Å². The van der Waals surface area contributed by atoms with E-state index in [0.29, 0.717) is 16.3 Å². The second-order valence-electron chi connectivity index (χ2n) is 3.55. The number of hydrogen-bond acceptors (Lipinski definition) is 2. The topological polar surface area (TPSA) is 42.2 Å². The lowest BCUT2D eigenvalue weighted by molar-refractivity contribution is 0.102. The molecule has 0 spiro atoms. The van der Waals surface area contributed by atoms with E-state index in [4.69, 9.17) is 16.0 Å². The molecule has 0 bridgehead atoms. The number of hydrogen-bond donors (Lipinski definition) is 1. The Morgan fingerprint density at radius 3 is 2.88 bits per heavy atom. The maximum Gasteiger partial charge on any atom is 0.258 e. The van der Waals surface area contributed by atoms with Crippen LogP contribution < -0.4 is 5.32 Å². The lowest BCUT2D eigenvalue weighted by Crippen LogP contribution is -2.11. The van der Waals surface area contributed by atoms with Gasteiger partial charge in [-0.1, -0.05) is 11.6 Å². The molecule has 1 aromatic carbocycles. The largest absolute Gasteiger partial charge is 0.472 e. The summed E-state index contributed by atoms with van der Waals surface area (Å²) >= 11 is 9.38. The molecule has 3 nitrogen and oxygen atoms in total. The van der Waals surface area contributed by atoms with E-state index < -0.39 is 0 Å². The molecule has 1 aromatic heterocycles. The Kier molecular flexibility index (Phi) is 3.54. The molecule has 0 saturated heterocycles. The van der Waals surface area contributed by atoms with Gasteiger partial charge in [-0.25, -0.2) is 0 Å². The molecular formula is C12H9BrClNO2. The highest BCUT2D eigenvalue weighted by Crippen LogP contribution is 2.29. The van der Waals surface area contributed by atoms with Gasteiger partial charge in [0.25, 0.3) is 5.91 Å². The van der Waals surface area contributed by atoms with Gasteiger partial charge in [0.1, 0.15) is 6.26 Å². The highest BCUT2D eigenvalue weighted by molar-refractivity contribution is 9.10. The maximum absolute atomic E-state index is 11.8. The smallest absolute Gasteiger partial charge is 0.258 e. The average Bonchev–Trinajstić information content (AvgIpc) is 2.79. The first-order valence-electron chi connectivity index (χ1n) is 4.87. The van der Waals surface area contributed by atoms with E-state index in [1.165, 1.54) is 12.5 Å². The van der Waals surface area contributed by atoms with E-state index >= 15 is 0 Å². The highest BCUT2D eigenvalue weighted by Gasteiger charge is 2.10. The summed E-state index contributed by atoms with van der Waals surface area (Å²) in [7, 11) is 0. The fourth-order valence-corrected chi connectivity index (χ4v) is 2.05. The summed E-state index contributed by atoms with van der Waals surface area (Å²) in [5.74, 6) is -0.237. The summed E-state index contributed by atoms with van der Waals surface area (Å²) in [6, 6.07) is 5.16. The molecule has 0 aliphatic carbocycles. The lowest BCUT2D eigenvalue weighted by atomic mass is 10.2. The molecule has 2 rings (SSSR count). The zero-order valence-electron chi connectivity index (χ0n) is 8.96. The Morgan fingerprint density at radius 2 is 2.24 bits per heavy atom. The number of carbonyl (C=O) groups is 1. The van der Waals surface area contributed by atoms with E-state index in [2.05, 4.69) is 21.2 Å². The average molecular weight is 315 g/mol. The minimum Gasteiger partial charge on any atom is -0.472 e. The number of carbonyl (C=O) groups excluding carboxylic acids is 1. The standard InChI is InChI=1S/C12H9BrClNO2/c1-7-4-9(13)11(5-10(7)14)15-12(16)8-2-3-17-6-8/h2-6H,1H3,(H,15,16). The molecule has 0 unspecified atom stereocenters. The van der Waals surface area contributed by atoms with Gasteiger partial charge in [-0.15, -0.1) is 0 Å². The van der Waals surface area contributed by atoms with Crippen molar-refractivity contribution in [3.05, 3.63) is 51.3 Å². The van der Waals surface area contributed by atoms with E-state index in [1.807, 2.05) is 13.0 Å². The van der Waals surface area contributed by atoms with Crippen molar-refractivity contribution in [2.75, 3.05) is 5.32 Å². The van der Waals surface area contributed by atoms with E-state index in [0.717, 1.165) is 10.0 Å². The SMILES string of the molecule is Cc1cc(Br)c(NC(=O)c2ccoc2)cc1Cl. The molecule has 0 fully saturated rings. The van der Waals surface area contributed by atoms with Crippen LogP contribution in [-0.4, -0.2) is 5.91 Å². The molecule has 17 heavy (non-hydrogen) atoms. The van der Waals surface area contributed by atoms with Gasteiger partial charge in [-0.2, -0.15) is 0 Å². The Bertz CT molecular complexity index is 552. The van der Waals surface area contributed by atoms with Crippen molar-refractivity contribution >= 4 is 39.1 Å². The van der Waals surface area contributed by atoms with Gasteiger partial charge in [0, 0.05) is 9.50 Å². The van der Waals surface area contributed by atoms with Crippen LogP contribution in [0.4, 0.5) is 5.69 Å². The third-order valence-electron chi connectivity index (χ3n) is 2.28. The van der Waals surface area contributed by atoms with Crippen LogP contribution in [0.2, 0.25) is 5.02 Å². The zero-order chi connectivity index (χ0) is 12.4. The van der Waals surface area contributed by atoms with E-state index in [1.54, 1.807) is 12.1 Å². The molecule has 0 saturated carbocycles. The van der Waals surface area contributed by atoms with Crippen LogP contribution in [0, 0.1) is 6.92 Å². The molecule has 0 aliphatic heterocycles. The third kappa shape index (κ3) is 2.70. The number of furan rings is 1. The quantitative estimate of drug-likeness (QED) is 0.900. The monoisotopic (exact) mass is 313 g/mol. The van der Waals surface area contributed by atoms with E-state index in [-0.39, 0.29) is 5.91 Å². The Balaban J connectivity index is 2.25. The summed E-state index contributed by atoms with van der Waals surface area (Å²) < 4.78 is 5.64. The predicted octanol–water partition coefficient (Wildman–Crippen LogP) is 4.26. The van der Waals surface area contributed by atoms with Crippen LogP contribution in [0.15, 0.2) is 39.6 Å². The van der Waals surface area contributed by atoms with Crippen LogP contribution >= 0.6 is 27.5 Å². The van der Waals surface area contributed by atoms with Crippen LogP contribution in [0.25, 0.3) is 0 Å². The number of anilines is 1. The minimum absolute atomic E-state index is 0.237. The van der Waals surface area contributed by atoms with Gasteiger partial charge in [0.15, 0.2) is 0 Å². The van der Waals surface area contributed by atoms with Crippen LogP contribution in [0.1, 0.15) is 15.9 Å². The lowest BCUT2D eigenvalue weighted by Gasteiger charge is -2.08. The van der Waals surface area contributed by atoms with Crippen molar-refractivity contribution in [3.63, 3.8) is 0 Å². The molecule has 2 aromatic rings. The summed E-state index contributed by atoms with van der Waals surface area (Å²) in [5.41, 5.74) is 2.04. The predicted molar refractivity (Wildman–Crippen MR) is 70.6 cm³/mol. The number of halogens is 2. The van der Waals surface area contributed by atoms with Crippen molar-refractivity contribution in [2.24, 2.45) is 0 Å². The fourth-order valence-electron chi connectivity index (χ4n) is 1.33. The number of benzene rings is 1. The molecule has 5 heteroatoms. The molecule has 0 atom stereocenters. The van der Waals surface area contributed by atoms with Crippen LogP contribution in [0.5, 0.6) is 0 Å². The first-order valence-corrected chi connectivity index (χ1v) is 6.04. The van der Waals surface area contributed by atoms with Crippen molar-refractivity contribution in [1.29, 1.82) is 0 Å². The van der Waals surface area contributed by atoms with Gasteiger partial charge in [0.2, 0.25) is 0 Å². The first-order chi connectivity index (χ1) is 8.08. The van der Waals surface area contributed by atoms with Crippen molar-refractivity contribution < 1.29 is 9.21 Å². The van der Waals surface area contributed by atoms with Crippen LogP contribution in [0.3, 0.4) is 0 Å². The van der Waals surface area contributed by atoms with Crippen molar-refractivity contribution in [3.8, 4) is 0 Å². The molecular weight excluding hydrogens is 305 g/mol. The van der Waals surface area contributed by atoms with Gasteiger partial charge in [-0.3, -0.25) is 4.79 Å². The molecule has 1 N–H and O–H groups in total. The number of rotatable bonds is 2. The van der Waals surface area contributed by atoms with E-state index in [9.17, 15) is 4.79 Å². The van der Waals surface area contributed by atoms with Crippen LogP contribution in [-0.2, 0) is 0 Å². The summed E-state index contributed by atoms with van der Waals surface area (Å²) in [4.78, 5) is 11.8. The van der Waals surface area contributed by atoms with Crippen molar-refractivity contribution in [1.82, 2.24) is 0 Å². The first kappa shape index (κ1) is 12.2. The van der Waals surface area contributed by atoms with Gasteiger partial charge in [0.05, 0.1) is 17.5 Å². The zero-order valence-corrected chi connectivity index (χ0v) is 11.3. The van der Waals surface area contributed by atoms with Crippen molar-refractivity contribution in [2.45, 2.75) is 6.92 Å². The summed E-state index contributed by atoms with van der Waals surface area (Å²) in [6.45, 7) is 1.90. The summed E-state index contributed by atoms with van der Waals surface area (Å²) in [6.07, 6.45) is 2.84. The highest BCUT2D eigenvalue weighted by atomic mass is 79.9. The van der Waals surface area contributed by atoms with Gasteiger partial charge in [-0.05, 0) is 46.6 Å². The maximum atomic E-state index is 11.8. The fraction of sp³-hybridized carbons (Fsp3) is 0.0833. The number of nitrogens with one attached hydrogen (secondary N) is 1. The number of amides is 1. The third-order valence-corrected chi connectivity index (χ3v) is 3.34. The molecule has 88 valence electrons. The molecule has 1 amide bonds. The second kappa shape index (κ2) is 4.94. The normalized spacial score (nSPS) is 10.3. The minimum atomic E-state index is -0.237. The number of aryl methyl sites for hydroxylation is 1.